The molecule has 2 aromatic heterocycles. The summed E-state index contributed by atoms with van der Waals surface area (Å²) in [6.45, 7) is 1.25. The first kappa shape index (κ1) is 25.1. The number of benzene rings is 2. The summed E-state index contributed by atoms with van der Waals surface area (Å²) in [5.41, 5.74) is -5.52. The molecule has 0 saturated heterocycles. The lowest BCUT2D eigenvalue weighted by molar-refractivity contribution is -0.143. The lowest BCUT2D eigenvalue weighted by Gasteiger charge is -2.26. The number of aromatic nitrogens is 3. The minimum atomic E-state index is -5.04. The second-order valence-corrected chi connectivity index (χ2v) is 8.31. The second-order valence-electron chi connectivity index (χ2n) is 8.31. The van der Waals surface area contributed by atoms with Crippen molar-refractivity contribution in [2.75, 3.05) is 0 Å². The van der Waals surface area contributed by atoms with Crippen LogP contribution in [0.15, 0.2) is 60.8 Å². The van der Waals surface area contributed by atoms with Crippen LogP contribution in [0.25, 0.3) is 16.8 Å². The van der Waals surface area contributed by atoms with Crippen molar-refractivity contribution in [2.45, 2.75) is 31.1 Å². The van der Waals surface area contributed by atoms with E-state index in [2.05, 4.69) is 10.1 Å². The largest absolute Gasteiger partial charge is 0.481 e. The molecule has 0 radical (unpaired) electrons. The molecule has 2 heterocycles. The summed E-state index contributed by atoms with van der Waals surface area (Å²) in [4.78, 5) is 16.3. The van der Waals surface area contributed by atoms with E-state index in [1.807, 2.05) is 0 Å². The van der Waals surface area contributed by atoms with Gasteiger partial charge in [0.25, 0.3) is 0 Å². The SMILES string of the molecule is C[C@](Cc1cccc(F)c1)(C(=O)O)c1ccnc2c(-c3ccc(C(F)(F)F)cc3)c(C(F)(F)F)nn12. The first-order valence-corrected chi connectivity index (χ1v) is 10.3. The number of fused-ring (bicyclic) bond motifs is 1. The first-order valence-electron chi connectivity index (χ1n) is 10.3. The van der Waals surface area contributed by atoms with E-state index in [1.165, 1.54) is 25.1 Å². The van der Waals surface area contributed by atoms with Gasteiger partial charge in [0.05, 0.1) is 16.8 Å². The van der Waals surface area contributed by atoms with Gasteiger partial charge in [-0.25, -0.2) is 13.9 Å². The molecule has 12 heteroatoms. The molecule has 0 saturated carbocycles. The predicted molar refractivity (Wildman–Crippen MR) is 114 cm³/mol. The second kappa shape index (κ2) is 8.61. The Balaban J connectivity index is 1.95. The van der Waals surface area contributed by atoms with Crippen molar-refractivity contribution < 1.29 is 40.6 Å². The van der Waals surface area contributed by atoms with E-state index < -0.39 is 52.0 Å². The monoisotopic (exact) mass is 511 g/mol. The number of hydrogen-bond acceptors (Lipinski definition) is 3. The summed E-state index contributed by atoms with van der Waals surface area (Å²) in [6, 6.07) is 9.29. The Morgan fingerprint density at radius 1 is 0.972 bits per heavy atom. The topological polar surface area (TPSA) is 67.5 Å². The van der Waals surface area contributed by atoms with Gasteiger partial charge in [0.15, 0.2) is 11.3 Å². The molecule has 0 aliphatic heterocycles. The van der Waals surface area contributed by atoms with Gasteiger partial charge in [-0.1, -0.05) is 24.3 Å². The van der Waals surface area contributed by atoms with Crippen molar-refractivity contribution >= 4 is 11.6 Å². The third-order valence-electron chi connectivity index (χ3n) is 5.77. The summed E-state index contributed by atoms with van der Waals surface area (Å²) in [6.07, 6.45) is -8.94. The van der Waals surface area contributed by atoms with Gasteiger partial charge < -0.3 is 5.11 Å². The highest BCUT2D eigenvalue weighted by Crippen LogP contribution is 2.41. The summed E-state index contributed by atoms with van der Waals surface area (Å²) >= 11 is 0. The third-order valence-corrected chi connectivity index (χ3v) is 5.77. The van der Waals surface area contributed by atoms with E-state index in [1.54, 1.807) is 0 Å². The Hall–Kier alpha value is -3.96. The molecular weight excluding hydrogens is 495 g/mol. The molecule has 0 bridgehead atoms. The molecule has 0 unspecified atom stereocenters. The average molecular weight is 511 g/mol. The molecule has 2 aromatic carbocycles. The molecule has 0 fully saturated rings. The maximum absolute atomic E-state index is 14.0. The molecule has 1 N–H and O–H groups in total. The zero-order chi connectivity index (χ0) is 26.5. The van der Waals surface area contributed by atoms with Crippen LogP contribution in [0, 0.1) is 5.82 Å². The third kappa shape index (κ3) is 4.50. The fourth-order valence-corrected chi connectivity index (χ4v) is 3.98. The number of halogens is 7. The Labute approximate surface area is 198 Å². The summed E-state index contributed by atoms with van der Waals surface area (Å²) < 4.78 is 95.2. The van der Waals surface area contributed by atoms with Crippen LogP contribution in [-0.2, 0) is 29.0 Å². The van der Waals surface area contributed by atoms with Crippen LogP contribution >= 0.6 is 0 Å². The van der Waals surface area contributed by atoms with Crippen LogP contribution in [0.3, 0.4) is 0 Å². The summed E-state index contributed by atoms with van der Waals surface area (Å²) in [5, 5.41) is 13.7. The number of alkyl halides is 6. The Kier molecular flexibility index (Phi) is 6.01. The van der Waals surface area contributed by atoms with Gasteiger partial charge in [0, 0.05) is 6.20 Å². The zero-order valence-corrected chi connectivity index (χ0v) is 18.3. The molecular formula is C24H16F7N3O2. The van der Waals surface area contributed by atoms with Crippen LogP contribution in [0.5, 0.6) is 0 Å². The van der Waals surface area contributed by atoms with Gasteiger partial charge in [0.2, 0.25) is 0 Å². The van der Waals surface area contributed by atoms with Crippen LogP contribution in [0.1, 0.15) is 29.4 Å². The molecule has 4 aromatic rings. The van der Waals surface area contributed by atoms with Crippen LogP contribution in [-0.4, -0.2) is 25.7 Å². The number of rotatable bonds is 5. The van der Waals surface area contributed by atoms with Gasteiger partial charge in [-0.3, -0.25) is 4.79 Å². The Morgan fingerprint density at radius 3 is 2.19 bits per heavy atom. The number of carboxylic acids is 1. The molecule has 1 atom stereocenters. The van der Waals surface area contributed by atoms with Crippen molar-refractivity contribution in [1.82, 2.24) is 14.6 Å². The van der Waals surface area contributed by atoms with Crippen molar-refractivity contribution in [3.63, 3.8) is 0 Å². The Morgan fingerprint density at radius 2 is 1.64 bits per heavy atom. The van der Waals surface area contributed by atoms with Gasteiger partial charge in [-0.15, -0.1) is 0 Å². The average Bonchev–Trinajstić information content (AvgIpc) is 3.19. The molecule has 0 aliphatic rings. The van der Waals surface area contributed by atoms with Crippen LogP contribution in [0.4, 0.5) is 30.7 Å². The number of aliphatic carboxylic acids is 1. The predicted octanol–water partition coefficient (Wildman–Crippen LogP) is 6.16. The van der Waals surface area contributed by atoms with Gasteiger partial charge in [-0.05, 0) is 54.8 Å². The van der Waals surface area contributed by atoms with E-state index in [9.17, 15) is 40.6 Å². The minimum absolute atomic E-state index is 0.187. The van der Waals surface area contributed by atoms with Crippen molar-refractivity contribution in [2.24, 2.45) is 0 Å². The first-order chi connectivity index (χ1) is 16.7. The Bertz CT molecular complexity index is 1440. The van der Waals surface area contributed by atoms with Crippen LogP contribution < -0.4 is 0 Å². The van der Waals surface area contributed by atoms with Gasteiger partial charge in [0.1, 0.15) is 11.2 Å². The van der Waals surface area contributed by atoms with Crippen molar-refractivity contribution in [3.8, 4) is 11.1 Å². The minimum Gasteiger partial charge on any atom is -0.481 e. The molecule has 36 heavy (non-hydrogen) atoms. The maximum atomic E-state index is 14.0. The quantitative estimate of drug-likeness (QED) is 0.326. The molecule has 5 nitrogen and oxygen atoms in total. The molecule has 0 amide bonds. The van der Waals surface area contributed by atoms with Gasteiger partial charge in [-0.2, -0.15) is 31.4 Å². The molecule has 4 rings (SSSR count). The molecule has 0 spiro atoms. The van der Waals surface area contributed by atoms with Gasteiger partial charge >= 0.3 is 18.3 Å². The standard InChI is InChI=1S/C24H16F7N3O2/c1-22(21(35)36,12-13-3-2-4-16(25)11-13)17-9-10-32-20-18(19(24(29,30)31)33-34(17)20)14-5-7-15(8-6-14)23(26,27)28/h2-11H,12H2,1H3,(H,35,36)/t22-/m1/s1. The van der Waals surface area contributed by atoms with E-state index in [4.69, 9.17) is 0 Å². The summed E-state index contributed by atoms with van der Waals surface area (Å²) in [5.74, 6) is -2.04. The van der Waals surface area contributed by atoms with Crippen molar-refractivity contribution in [3.05, 3.63) is 89.1 Å². The molecule has 0 aliphatic carbocycles. The number of carboxylic acid groups (broad SMARTS) is 1. The zero-order valence-electron chi connectivity index (χ0n) is 18.3. The number of hydrogen-bond donors (Lipinski definition) is 1. The summed E-state index contributed by atoms with van der Waals surface area (Å²) in [7, 11) is 0. The van der Waals surface area contributed by atoms with E-state index in [-0.39, 0.29) is 23.2 Å². The van der Waals surface area contributed by atoms with E-state index in [0.29, 0.717) is 12.1 Å². The maximum Gasteiger partial charge on any atom is 0.435 e. The highest BCUT2D eigenvalue weighted by Gasteiger charge is 2.43. The highest BCUT2D eigenvalue weighted by atomic mass is 19.4. The lowest BCUT2D eigenvalue weighted by atomic mass is 9.80. The normalized spacial score (nSPS) is 14.1. The smallest absolute Gasteiger partial charge is 0.435 e. The van der Waals surface area contributed by atoms with Crippen molar-refractivity contribution in [1.29, 1.82) is 0 Å². The van der Waals surface area contributed by atoms with Crippen LogP contribution in [0.2, 0.25) is 0 Å². The van der Waals surface area contributed by atoms with E-state index >= 15 is 0 Å². The number of nitrogens with zero attached hydrogens (tertiary/aromatic N) is 3. The lowest BCUT2D eigenvalue weighted by Crippen LogP contribution is -2.37. The molecule has 188 valence electrons. The fraction of sp³-hybridized carbons (Fsp3) is 0.208. The number of carbonyl (C=O) groups is 1. The highest BCUT2D eigenvalue weighted by molar-refractivity contribution is 5.84. The fourth-order valence-electron chi connectivity index (χ4n) is 3.98. The van der Waals surface area contributed by atoms with E-state index in [0.717, 1.165) is 35.0 Å².